The molecule has 31 heavy (non-hydrogen) atoms. The highest BCUT2D eigenvalue weighted by Gasteiger charge is 2.32. The number of anilines is 1. The largest absolute Gasteiger partial charge is 0.451 e. The SMILES string of the molecule is Cc1c(C(=O)N2CCc3cc(S(=O)(=O)N4CCCCC4)ccc32)oc2ccc(Cl)cc12. The van der Waals surface area contributed by atoms with Gasteiger partial charge in [0, 0.05) is 41.3 Å². The van der Waals surface area contributed by atoms with Gasteiger partial charge in [-0.3, -0.25) is 4.79 Å². The first-order chi connectivity index (χ1) is 14.9. The first kappa shape index (κ1) is 20.5. The summed E-state index contributed by atoms with van der Waals surface area (Å²) >= 11 is 6.09. The molecule has 2 aliphatic heterocycles. The monoisotopic (exact) mass is 458 g/mol. The summed E-state index contributed by atoms with van der Waals surface area (Å²) in [6.07, 6.45) is 3.47. The van der Waals surface area contributed by atoms with Crippen LogP contribution in [0.4, 0.5) is 5.69 Å². The number of nitrogens with zero attached hydrogens (tertiary/aromatic N) is 2. The minimum Gasteiger partial charge on any atom is -0.451 e. The molecule has 0 unspecified atom stereocenters. The highest BCUT2D eigenvalue weighted by molar-refractivity contribution is 7.89. The average molecular weight is 459 g/mol. The lowest BCUT2D eigenvalue weighted by molar-refractivity contribution is 0.0964. The number of furan rings is 1. The third kappa shape index (κ3) is 3.45. The Hall–Kier alpha value is -2.35. The molecule has 0 atom stereocenters. The fourth-order valence-electron chi connectivity index (χ4n) is 4.52. The molecule has 3 aromatic rings. The quantitative estimate of drug-likeness (QED) is 0.566. The number of piperidine rings is 1. The van der Waals surface area contributed by atoms with Crippen molar-refractivity contribution in [3.8, 4) is 0 Å². The van der Waals surface area contributed by atoms with E-state index in [1.807, 2.05) is 6.92 Å². The maximum Gasteiger partial charge on any atom is 0.294 e. The van der Waals surface area contributed by atoms with Gasteiger partial charge < -0.3 is 9.32 Å². The van der Waals surface area contributed by atoms with Crippen LogP contribution in [0.15, 0.2) is 45.7 Å². The zero-order valence-electron chi connectivity index (χ0n) is 17.2. The number of benzene rings is 2. The summed E-state index contributed by atoms with van der Waals surface area (Å²) in [6, 6.07) is 10.4. The Morgan fingerprint density at radius 1 is 1.03 bits per heavy atom. The van der Waals surface area contributed by atoms with Crippen LogP contribution in [-0.2, 0) is 16.4 Å². The summed E-state index contributed by atoms with van der Waals surface area (Å²) in [4.78, 5) is 15.3. The molecule has 1 fully saturated rings. The molecule has 1 saturated heterocycles. The number of aryl methyl sites for hydroxylation is 1. The highest BCUT2D eigenvalue weighted by atomic mass is 35.5. The second-order valence-corrected chi connectivity index (χ2v) is 10.5. The highest BCUT2D eigenvalue weighted by Crippen LogP contribution is 2.35. The molecule has 3 heterocycles. The van der Waals surface area contributed by atoms with Gasteiger partial charge in [0.15, 0.2) is 5.76 Å². The molecule has 8 heteroatoms. The van der Waals surface area contributed by atoms with Crippen LogP contribution >= 0.6 is 11.6 Å². The third-order valence-electron chi connectivity index (χ3n) is 6.24. The topological polar surface area (TPSA) is 70.8 Å². The molecule has 0 aliphatic carbocycles. The van der Waals surface area contributed by atoms with Crippen molar-refractivity contribution in [3.05, 3.63) is 58.3 Å². The van der Waals surface area contributed by atoms with Gasteiger partial charge in [-0.05, 0) is 68.1 Å². The van der Waals surface area contributed by atoms with E-state index in [4.69, 9.17) is 16.0 Å². The number of carbonyl (C=O) groups is 1. The number of hydrogen-bond donors (Lipinski definition) is 0. The number of amides is 1. The zero-order valence-corrected chi connectivity index (χ0v) is 18.8. The lowest BCUT2D eigenvalue weighted by Gasteiger charge is -2.26. The summed E-state index contributed by atoms with van der Waals surface area (Å²) in [7, 11) is -3.50. The lowest BCUT2D eigenvalue weighted by Crippen LogP contribution is -2.35. The van der Waals surface area contributed by atoms with Crippen molar-refractivity contribution in [2.24, 2.45) is 0 Å². The summed E-state index contributed by atoms with van der Waals surface area (Å²) in [5.74, 6) is 0.0605. The Labute approximate surface area is 186 Å². The molecule has 0 spiro atoms. The maximum atomic E-state index is 13.3. The van der Waals surface area contributed by atoms with Crippen molar-refractivity contribution in [2.75, 3.05) is 24.5 Å². The minimum atomic E-state index is -3.50. The zero-order chi connectivity index (χ0) is 21.8. The molecule has 2 aliphatic rings. The Kier molecular flexibility index (Phi) is 5.07. The molecule has 0 saturated carbocycles. The standard InChI is InChI=1S/C23H23ClN2O4S/c1-15-19-14-17(24)5-8-21(19)30-22(15)23(27)26-12-9-16-13-18(6-7-20(16)26)31(28,29)25-10-3-2-4-11-25/h5-8,13-14H,2-4,9-12H2,1H3. The van der Waals surface area contributed by atoms with Crippen molar-refractivity contribution in [1.29, 1.82) is 0 Å². The van der Waals surface area contributed by atoms with E-state index >= 15 is 0 Å². The van der Waals surface area contributed by atoms with Crippen LogP contribution in [0.5, 0.6) is 0 Å². The van der Waals surface area contributed by atoms with Gasteiger partial charge in [-0.2, -0.15) is 4.31 Å². The van der Waals surface area contributed by atoms with Crippen molar-refractivity contribution in [1.82, 2.24) is 4.31 Å². The molecule has 1 amide bonds. The third-order valence-corrected chi connectivity index (χ3v) is 8.37. The van der Waals surface area contributed by atoms with Gasteiger partial charge in [0.05, 0.1) is 4.90 Å². The summed E-state index contributed by atoms with van der Waals surface area (Å²) in [6.45, 7) is 3.47. The van der Waals surface area contributed by atoms with E-state index in [9.17, 15) is 13.2 Å². The normalized spacial score (nSPS) is 17.3. The van der Waals surface area contributed by atoms with Crippen LogP contribution in [0.25, 0.3) is 11.0 Å². The van der Waals surface area contributed by atoms with Gasteiger partial charge in [0.2, 0.25) is 10.0 Å². The maximum absolute atomic E-state index is 13.3. The fraction of sp³-hybridized carbons (Fsp3) is 0.348. The van der Waals surface area contributed by atoms with Crippen molar-refractivity contribution in [3.63, 3.8) is 0 Å². The van der Waals surface area contributed by atoms with E-state index < -0.39 is 10.0 Å². The number of halogens is 1. The molecule has 0 bridgehead atoms. The van der Waals surface area contributed by atoms with Crippen LogP contribution < -0.4 is 4.90 Å². The second-order valence-electron chi connectivity index (χ2n) is 8.16. The predicted octanol–water partition coefficient (Wildman–Crippen LogP) is 4.77. The Morgan fingerprint density at radius 2 is 1.81 bits per heavy atom. The average Bonchev–Trinajstić information content (AvgIpc) is 3.35. The first-order valence-corrected chi connectivity index (χ1v) is 12.3. The number of sulfonamides is 1. The number of hydrogen-bond acceptors (Lipinski definition) is 4. The second kappa shape index (κ2) is 7.65. The molecular formula is C23H23ClN2O4S. The Morgan fingerprint density at radius 3 is 2.58 bits per heavy atom. The molecule has 0 radical (unpaired) electrons. The van der Waals surface area contributed by atoms with E-state index in [1.165, 1.54) is 0 Å². The van der Waals surface area contributed by atoms with E-state index in [0.29, 0.717) is 41.6 Å². The lowest BCUT2D eigenvalue weighted by atomic mass is 10.1. The van der Waals surface area contributed by atoms with Gasteiger partial charge in [0.25, 0.3) is 5.91 Å². The molecule has 1 aromatic heterocycles. The molecule has 2 aromatic carbocycles. The molecular weight excluding hydrogens is 436 g/mol. The predicted molar refractivity (Wildman–Crippen MR) is 120 cm³/mol. The summed E-state index contributed by atoms with van der Waals surface area (Å²) in [5.41, 5.74) is 2.97. The van der Waals surface area contributed by atoms with E-state index in [2.05, 4.69) is 0 Å². The first-order valence-electron chi connectivity index (χ1n) is 10.5. The number of carbonyl (C=O) groups excluding carboxylic acids is 1. The van der Waals surface area contributed by atoms with Crippen molar-refractivity contribution in [2.45, 2.75) is 37.5 Å². The Bertz CT molecular complexity index is 1290. The number of rotatable bonds is 3. The van der Waals surface area contributed by atoms with Crippen molar-refractivity contribution < 1.29 is 17.6 Å². The summed E-state index contributed by atoms with van der Waals surface area (Å²) < 4.78 is 33.4. The van der Waals surface area contributed by atoms with Crippen LogP contribution in [-0.4, -0.2) is 38.3 Å². The number of fused-ring (bicyclic) bond motifs is 2. The van der Waals surface area contributed by atoms with Gasteiger partial charge in [-0.15, -0.1) is 0 Å². The van der Waals surface area contributed by atoms with Crippen molar-refractivity contribution >= 4 is 44.2 Å². The smallest absolute Gasteiger partial charge is 0.294 e. The molecule has 0 N–H and O–H groups in total. The van der Waals surface area contributed by atoms with E-state index in [1.54, 1.807) is 45.6 Å². The van der Waals surface area contributed by atoms with Gasteiger partial charge in [-0.1, -0.05) is 18.0 Å². The van der Waals surface area contributed by atoms with E-state index in [-0.39, 0.29) is 11.7 Å². The summed E-state index contributed by atoms with van der Waals surface area (Å²) in [5, 5.41) is 1.41. The Balaban J connectivity index is 1.46. The van der Waals surface area contributed by atoms with E-state index in [0.717, 1.165) is 41.5 Å². The van der Waals surface area contributed by atoms with Gasteiger partial charge >= 0.3 is 0 Å². The van der Waals surface area contributed by atoms with Crippen LogP contribution in [0, 0.1) is 6.92 Å². The van der Waals surface area contributed by atoms with Crippen LogP contribution in [0.3, 0.4) is 0 Å². The molecule has 5 rings (SSSR count). The molecule has 162 valence electrons. The minimum absolute atomic E-state index is 0.227. The fourth-order valence-corrected chi connectivity index (χ4v) is 6.26. The van der Waals surface area contributed by atoms with Crippen LogP contribution in [0.2, 0.25) is 5.02 Å². The van der Waals surface area contributed by atoms with Gasteiger partial charge in [-0.25, -0.2) is 8.42 Å². The van der Waals surface area contributed by atoms with Gasteiger partial charge in [0.1, 0.15) is 5.58 Å². The van der Waals surface area contributed by atoms with Crippen LogP contribution in [0.1, 0.15) is 40.9 Å². The molecule has 6 nitrogen and oxygen atoms in total.